The molecule has 0 bridgehead atoms. The fraction of sp³-hybridized carbons (Fsp3) is 0.0588. The molecule has 3 aromatic heterocycles. The van der Waals surface area contributed by atoms with Crippen LogP contribution in [0.25, 0.3) is 21.3 Å². The van der Waals surface area contributed by atoms with Gasteiger partial charge in [0.2, 0.25) is 0 Å². The lowest BCUT2D eigenvalue weighted by molar-refractivity contribution is 1.10. The Morgan fingerprint density at radius 2 is 1.95 bits per heavy atom. The molecule has 4 rings (SSSR count). The van der Waals surface area contributed by atoms with Gasteiger partial charge in [-0.2, -0.15) is 5.10 Å². The highest BCUT2D eigenvalue weighted by atomic mass is 32.1. The number of pyridine rings is 1. The van der Waals surface area contributed by atoms with Crippen LogP contribution >= 0.6 is 11.3 Å². The van der Waals surface area contributed by atoms with Crippen LogP contribution in [0.15, 0.2) is 54.3 Å². The Kier molecular flexibility index (Phi) is 3.12. The number of nitrogens with one attached hydrogen (secondary N) is 2. The molecule has 4 aromatic rings. The maximum atomic E-state index is 4.15. The number of aromatic amines is 1. The molecule has 0 radical (unpaired) electrons. The zero-order chi connectivity index (χ0) is 14.9. The van der Waals surface area contributed by atoms with E-state index in [-0.39, 0.29) is 0 Å². The predicted molar refractivity (Wildman–Crippen MR) is 91.7 cm³/mol. The third kappa shape index (κ3) is 2.25. The van der Waals surface area contributed by atoms with Crippen molar-refractivity contribution in [2.75, 3.05) is 5.32 Å². The quantitative estimate of drug-likeness (QED) is 0.575. The molecule has 0 amide bonds. The summed E-state index contributed by atoms with van der Waals surface area (Å²) in [6, 6.07) is 10.4. The Bertz CT molecular complexity index is 921. The van der Waals surface area contributed by atoms with Gasteiger partial charge in [0.05, 0.1) is 22.3 Å². The van der Waals surface area contributed by atoms with Crippen molar-refractivity contribution in [2.45, 2.75) is 6.92 Å². The van der Waals surface area contributed by atoms with Crippen molar-refractivity contribution < 1.29 is 0 Å². The molecule has 0 fully saturated rings. The number of benzene rings is 1. The summed E-state index contributed by atoms with van der Waals surface area (Å²) >= 11 is 1.70. The first-order valence-electron chi connectivity index (χ1n) is 7.00. The van der Waals surface area contributed by atoms with Gasteiger partial charge in [0, 0.05) is 28.8 Å². The van der Waals surface area contributed by atoms with E-state index in [0.717, 1.165) is 28.2 Å². The first-order valence-corrected chi connectivity index (χ1v) is 7.88. The molecule has 0 aliphatic heterocycles. The first-order chi connectivity index (χ1) is 10.8. The summed E-state index contributed by atoms with van der Waals surface area (Å²) < 4.78 is 1.19. The summed E-state index contributed by atoms with van der Waals surface area (Å²) in [6.45, 7) is 2.05. The van der Waals surface area contributed by atoms with E-state index < -0.39 is 0 Å². The molecule has 0 unspecified atom stereocenters. The van der Waals surface area contributed by atoms with E-state index in [1.807, 2.05) is 24.7 Å². The molecule has 0 saturated heterocycles. The Labute approximate surface area is 131 Å². The van der Waals surface area contributed by atoms with Gasteiger partial charge in [0.25, 0.3) is 0 Å². The molecular weight excluding hydrogens is 292 g/mol. The van der Waals surface area contributed by atoms with Crippen LogP contribution in [0.1, 0.15) is 5.56 Å². The highest BCUT2D eigenvalue weighted by Gasteiger charge is 2.06. The van der Waals surface area contributed by atoms with Crippen LogP contribution in [0.3, 0.4) is 0 Å². The van der Waals surface area contributed by atoms with Crippen LogP contribution in [0, 0.1) is 6.92 Å². The SMILES string of the molecule is Cc1cn[nH]c1-c1ccc(Nc2csc3cnccc23)cc1. The number of nitrogens with zero attached hydrogens (tertiary/aromatic N) is 2. The minimum Gasteiger partial charge on any atom is -0.354 e. The first kappa shape index (κ1) is 13.0. The third-order valence-corrected chi connectivity index (χ3v) is 4.59. The lowest BCUT2D eigenvalue weighted by atomic mass is 10.1. The van der Waals surface area contributed by atoms with E-state index in [4.69, 9.17) is 0 Å². The van der Waals surface area contributed by atoms with Crippen LogP contribution < -0.4 is 5.32 Å². The average Bonchev–Trinajstić information content (AvgIpc) is 3.15. The summed E-state index contributed by atoms with van der Waals surface area (Å²) in [5, 5.41) is 13.9. The fourth-order valence-corrected chi connectivity index (χ4v) is 3.35. The van der Waals surface area contributed by atoms with Gasteiger partial charge in [0.1, 0.15) is 0 Å². The average molecular weight is 306 g/mol. The number of aryl methyl sites for hydroxylation is 1. The number of rotatable bonds is 3. The molecule has 0 spiro atoms. The highest BCUT2D eigenvalue weighted by molar-refractivity contribution is 7.17. The fourth-order valence-electron chi connectivity index (χ4n) is 2.49. The molecule has 0 aliphatic carbocycles. The van der Waals surface area contributed by atoms with Gasteiger partial charge >= 0.3 is 0 Å². The molecule has 108 valence electrons. The number of aromatic nitrogens is 3. The topological polar surface area (TPSA) is 53.6 Å². The van der Waals surface area contributed by atoms with Crippen LogP contribution in [0.2, 0.25) is 0 Å². The highest BCUT2D eigenvalue weighted by Crippen LogP contribution is 2.32. The minimum atomic E-state index is 1.07. The summed E-state index contributed by atoms with van der Waals surface area (Å²) in [5.41, 5.74) is 5.54. The Morgan fingerprint density at radius 3 is 2.73 bits per heavy atom. The summed E-state index contributed by atoms with van der Waals surface area (Å²) in [4.78, 5) is 4.15. The van der Waals surface area contributed by atoms with Gasteiger partial charge in [0.15, 0.2) is 0 Å². The molecule has 3 heterocycles. The number of anilines is 2. The van der Waals surface area contributed by atoms with Crippen LogP contribution in [-0.2, 0) is 0 Å². The second kappa shape index (κ2) is 5.27. The summed E-state index contributed by atoms with van der Waals surface area (Å²) in [7, 11) is 0. The maximum Gasteiger partial charge on any atom is 0.0679 e. The Hall–Kier alpha value is -2.66. The molecule has 4 nitrogen and oxygen atoms in total. The largest absolute Gasteiger partial charge is 0.354 e. The van der Waals surface area contributed by atoms with Gasteiger partial charge in [-0.1, -0.05) is 12.1 Å². The van der Waals surface area contributed by atoms with Crippen molar-refractivity contribution in [2.24, 2.45) is 0 Å². The number of fused-ring (bicyclic) bond motifs is 1. The number of hydrogen-bond acceptors (Lipinski definition) is 4. The normalized spacial score (nSPS) is 11.0. The van der Waals surface area contributed by atoms with Crippen LogP contribution in [0.5, 0.6) is 0 Å². The van der Waals surface area contributed by atoms with E-state index in [1.165, 1.54) is 10.1 Å². The number of H-pyrrole nitrogens is 1. The van der Waals surface area contributed by atoms with Crippen molar-refractivity contribution in [3.05, 3.63) is 59.9 Å². The minimum absolute atomic E-state index is 1.07. The molecule has 0 saturated carbocycles. The Morgan fingerprint density at radius 1 is 1.09 bits per heavy atom. The predicted octanol–water partition coefficient (Wildman–Crippen LogP) is 4.74. The lowest BCUT2D eigenvalue weighted by Gasteiger charge is -2.06. The van der Waals surface area contributed by atoms with Crippen molar-refractivity contribution in [3.63, 3.8) is 0 Å². The van der Waals surface area contributed by atoms with Crippen LogP contribution in [0.4, 0.5) is 11.4 Å². The molecule has 22 heavy (non-hydrogen) atoms. The van der Waals surface area contributed by atoms with Gasteiger partial charge in [-0.15, -0.1) is 11.3 Å². The molecule has 5 heteroatoms. The van der Waals surface area contributed by atoms with Crippen molar-refractivity contribution in [1.82, 2.24) is 15.2 Å². The summed E-state index contributed by atoms with van der Waals surface area (Å²) in [6.07, 6.45) is 5.56. The van der Waals surface area contributed by atoms with E-state index in [1.54, 1.807) is 11.3 Å². The van der Waals surface area contributed by atoms with Gasteiger partial charge in [-0.25, -0.2) is 0 Å². The van der Waals surface area contributed by atoms with Crippen molar-refractivity contribution >= 4 is 32.8 Å². The second-order valence-corrected chi connectivity index (χ2v) is 6.06. The van der Waals surface area contributed by atoms with Crippen molar-refractivity contribution in [3.8, 4) is 11.3 Å². The van der Waals surface area contributed by atoms with E-state index >= 15 is 0 Å². The standard InChI is InChI=1S/C17H14N4S/c1-11-8-19-21-17(11)12-2-4-13(5-3-12)20-15-10-22-16-9-18-7-6-14(15)16/h2-10,20H,1H3,(H,19,21). The molecule has 1 aromatic carbocycles. The smallest absolute Gasteiger partial charge is 0.0679 e. The summed E-state index contributed by atoms with van der Waals surface area (Å²) in [5.74, 6) is 0. The molecule has 2 N–H and O–H groups in total. The monoisotopic (exact) mass is 306 g/mol. The lowest BCUT2D eigenvalue weighted by Crippen LogP contribution is -1.89. The Balaban J connectivity index is 1.63. The van der Waals surface area contributed by atoms with Crippen molar-refractivity contribution in [1.29, 1.82) is 0 Å². The van der Waals surface area contributed by atoms with Gasteiger partial charge in [-0.05, 0) is 36.2 Å². The zero-order valence-corrected chi connectivity index (χ0v) is 12.8. The zero-order valence-electron chi connectivity index (χ0n) is 12.0. The number of hydrogen-bond donors (Lipinski definition) is 2. The molecule has 0 atom stereocenters. The van der Waals surface area contributed by atoms with E-state index in [2.05, 4.69) is 57.1 Å². The second-order valence-electron chi connectivity index (χ2n) is 5.15. The number of thiophene rings is 1. The van der Waals surface area contributed by atoms with Gasteiger partial charge in [-0.3, -0.25) is 10.1 Å². The third-order valence-electron chi connectivity index (χ3n) is 3.66. The molecular formula is C17H14N4S. The van der Waals surface area contributed by atoms with E-state index in [0.29, 0.717) is 0 Å². The van der Waals surface area contributed by atoms with Crippen LogP contribution in [-0.4, -0.2) is 15.2 Å². The maximum absolute atomic E-state index is 4.15. The van der Waals surface area contributed by atoms with Gasteiger partial charge < -0.3 is 5.32 Å². The van der Waals surface area contributed by atoms with E-state index in [9.17, 15) is 0 Å². The molecule has 0 aliphatic rings.